The molecule has 0 amide bonds. The molecule has 0 spiro atoms. The first kappa shape index (κ1) is 13.7. The quantitative estimate of drug-likeness (QED) is 0.682. The lowest BCUT2D eigenvalue weighted by Crippen LogP contribution is -2.03. The summed E-state index contributed by atoms with van der Waals surface area (Å²) < 4.78 is 4.66. The van der Waals surface area contributed by atoms with E-state index in [1.165, 1.54) is 7.11 Å². The summed E-state index contributed by atoms with van der Waals surface area (Å²) in [6.45, 7) is 0.662. The van der Waals surface area contributed by atoms with Crippen molar-refractivity contribution in [2.24, 2.45) is 0 Å². The predicted molar refractivity (Wildman–Crippen MR) is 79.5 cm³/mol. The Morgan fingerprint density at radius 2 is 2.00 bits per heavy atom. The zero-order valence-electron chi connectivity index (χ0n) is 11.2. The lowest BCUT2D eigenvalue weighted by molar-refractivity contribution is 0.0600. The molecule has 2 rings (SSSR count). The van der Waals surface area contributed by atoms with Crippen molar-refractivity contribution in [2.45, 2.75) is 6.54 Å². The van der Waals surface area contributed by atoms with Crippen molar-refractivity contribution in [3.63, 3.8) is 0 Å². The molecule has 0 unspecified atom stereocenters. The number of anilines is 1. The van der Waals surface area contributed by atoms with Crippen molar-refractivity contribution in [1.82, 2.24) is 0 Å². The number of rotatable bonds is 4. The van der Waals surface area contributed by atoms with Crippen LogP contribution in [0, 0.1) is 12.3 Å². The molecule has 3 nitrogen and oxygen atoms in total. The molecule has 1 N–H and O–H groups in total. The Hall–Kier alpha value is -2.73. The smallest absolute Gasteiger partial charge is 0.337 e. The highest BCUT2D eigenvalue weighted by molar-refractivity contribution is 5.89. The van der Waals surface area contributed by atoms with E-state index in [-0.39, 0.29) is 5.97 Å². The first-order valence-electron chi connectivity index (χ1n) is 6.21. The van der Waals surface area contributed by atoms with E-state index >= 15 is 0 Å². The first-order chi connectivity index (χ1) is 9.72. The van der Waals surface area contributed by atoms with Crippen molar-refractivity contribution in [3.8, 4) is 12.3 Å². The average molecular weight is 265 g/mol. The minimum atomic E-state index is -0.328. The Labute approximate surface area is 118 Å². The van der Waals surface area contributed by atoms with Gasteiger partial charge in [0.15, 0.2) is 0 Å². The van der Waals surface area contributed by atoms with Crippen molar-refractivity contribution >= 4 is 11.7 Å². The van der Waals surface area contributed by atoms with E-state index in [9.17, 15) is 4.79 Å². The van der Waals surface area contributed by atoms with E-state index < -0.39 is 0 Å². The molecule has 0 heterocycles. The standard InChI is InChI=1S/C17H15NO2/c1-3-13-5-4-6-16(11-13)18-12-14-7-9-15(10-8-14)17(19)20-2/h1,4-11,18H,12H2,2H3. The molecule has 3 heteroatoms. The zero-order chi connectivity index (χ0) is 14.4. The minimum Gasteiger partial charge on any atom is -0.465 e. The van der Waals surface area contributed by atoms with E-state index in [1.807, 2.05) is 36.4 Å². The Morgan fingerprint density at radius 3 is 2.65 bits per heavy atom. The van der Waals surface area contributed by atoms with Gasteiger partial charge in [0.2, 0.25) is 0 Å². The molecule has 0 aliphatic carbocycles. The topological polar surface area (TPSA) is 38.3 Å². The fraction of sp³-hybridized carbons (Fsp3) is 0.118. The maximum atomic E-state index is 11.3. The monoisotopic (exact) mass is 265 g/mol. The third-order valence-electron chi connectivity index (χ3n) is 2.90. The number of carbonyl (C=O) groups is 1. The summed E-state index contributed by atoms with van der Waals surface area (Å²) in [5.74, 6) is 2.27. The molecule has 100 valence electrons. The van der Waals surface area contributed by atoms with E-state index in [0.29, 0.717) is 12.1 Å². The van der Waals surface area contributed by atoms with Crippen LogP contribution in [-0.2, 0) is 11.3 Å². The summed E-state index contributed by atoms with van der Waals surface area (Å²) in [6, 6.07) is 15.0. The van der Waals surface area contributed by atoms with E-state index in [0.717, 1.165) is 16.8 Å². The van der Waals surface area contributed by atoms with Crippen molar-refractivity contribution < 1.29 is 9.53 Å². The number of hydrogen-bond donors (Lipinski definition) is 1. The SMILES string of the molecule is C#Cc1cccc(NCc2ccc(C(=O)OC)cc2)c1. The van der Waals surface area contributed by atoms with E-state index in [4.69, 9.17) is 6.42 Å². The summed E-state index contributed by atoms with van der Waals surface area (Å²) in [4.78, 5) is 11.3. The highest BCUT2D eigenvalue weighted by atomic mass is 16.5. The fourth-order valence-corrected chi connectivity index (χ4v) is 1.80. The maximum Gasteiger partial charge on any atom is 0.337 e. The summed E-state index contributed by atoms with van der Waals surface area (Å²) in [5, 5.41) is 3.29. The van der Waals surface area contributed by atoms with E-state index in [2.05, 4.69) is 16.0 Å². The molecule has 20 heavy (non-hydrogen) atoms. The summed E-state index contributed by atoms with van der Waals surface area (Å²) in [5.41, 5.74) is 3.43. The van der Waals surface area contributed by atoms with Crippen LogP contribution in [-0.4, -0.2) is 13.1 Å². The molecule has 0 atom stereocenters. The van der Waals surface area contributed by atoms with Crippen LogP contribution >= 0.6 is 0 Å². The third-order valence-corrected chi connectivity index (χ3v) is 2.90. The van der Waals surface area contributed by atoms with Crippen LogP contribution in [0.1, 0.15) is 21.5 Å². The second kappa shape index (κ2) is 6.44. The number of hydrogen-bond acceptors (Lipinski definition) is 3. The van der Waals surface area contributed by atoms with Crippen LogP contribution in [0.2, 0.25) is 0 Å². The molecule has 0 bridgehead atoms. The second-order valence-corrected chi connectivity index (χ2v) is 4.27. The largest absolute Gasteiger partial charge is 0.465 e. The summed E-state index contributed by atoms with van der Waals surface area (Å²) in [6.07, 6.45) is 5.36. The van der Waals surface area contributed by atoms with Gasteiger partial charge in [-0.3, -0.25) is 0 Å². The van der Waals surface area contributed by atoms with Crippen molar-refractivity contribution in [1.29, 1.82) is 0 Å². The highest BCUT2D eigenvalue weighted by Crippen LogP contribution is 2.12. The Kier molecular flexibility index (Phi) is 4.41. The van der Waals surface area contributed by atoms with Gasteiger partial charge in [-0.2, -0.15) is 0 Å². The number of benzene rings is 2. The first-order valence-corrected chi connectivity index (χ1v) is 6.21. The number of carbonyl (C=O) groups excluding carboxylic acids is 1. The average Bonchev–Trinajstić information content (AvgIpc) is 2.53. The molecule has 2 aromatic rings. The molecule has 0 saturated heterocycles. The minimum absolute atomic E-state index is 0.328. The number of esters is 1. The molecule has 0 aliphatic heterocycles. The van der Waals surface area contributed by atoms with Gasteiger partial charge < -0.3 is 10.1 Å². The van der Waals surface area contributed by atoms with Gasteiger partial charge in [0.25, 0.3) is 0 Å². The second-order valence-electron chi connectivity index (χ2n) is 4.27. The number of terminal acetylenes is 1. The normalized spacial score (nSPS) is 9.60. The molecule has 2 aromatic carbocycles. The van der Waals surface area contributed by atoms with Gasteiger partial charge in [0.05, 0.1) is 12.7 Å². The molecule has 0 radical (unpaired) electrons. The van der Waals surface area contributed by atoms with Crippen LogP contribution in [0.3, 0.4) is 0 Å². The fourth-order valence-electron chi connectivity index (χ4n) is 1.80. The summed E-state index contributed by atoms with van der Waals surface area (Å²) in [7, 11) is 1.37. The molecule has 0 aromatic heterocycles. The van der Waals surface area contributed by atoms with Gasteiger partial charge >= 0.3 is 5.97 Å². The Bertz CT molecular complexity index is 639. The van der Waals surface area contributed by atoms with Gasteiger partial charge in [-0.05, 0) is 35.9 Å². The molecular weight excluding hydrogens is 250 g/mol. The number of nitrogens with one attached hydrogen (secondary N) is 1. The van der Waals surface area contributed by atoms with Gasteiger partial charge in [-0.1, -0.05) is 24.1 Å². The lowest BCUT2D eigenvalue weighted by atomic mass is 10.1. The summed E-state index contributed by atoms with van der Waals surface area (Å²) >= 11 is 0. The van der Waals surface area contributed by atoms with Gasteiger partial charge in [0.1, 0.15) is 0 Å². The maximum absolute atomic E-state index is 11.3. The molecule has 0 aliphatic rings. The van der Waals surface area contributed by atoms with Crippen LogP contribution in [0.15, 0.2) is 48.5 Å². The van der Waals surface area contributed by atoms with Gasteiger partial charge in [-0.15, -0.1) is 6.42 Å². The van der Waals surface area contributed by atoms with E-state index in [1.54, 1.807) is 12.1 Å². The number of ether oxygens (including phenoxy) is 1. The van der Waals surface area contributed by atoms with Crippen LogP contribution in [0.25, 0.3) is 0 Å². The van der Waals surface area contributed by atoms with Gasteiger partial charge in [-0.25, -0.2) is 4.79 Å². The van der Waals surface area contributed by atoms with Crippen LogP contribution < -0.4 is 5.32 Å². The number of methoxy groups -OCH3 is 1. The van der Waals surface area contributed by atoms with Crippen molar-refractivity contribution in [3.05, 3.63) is 65.2 Å². The lowest BCUT2D eigenvalue weighted by Gasteiger charge is -2.07. The molecule has 0 fully saturated rings. The Morgan fingerprint density at radius 1 is 1.25 bits per heavy atom. The Balaban J connectivity index is 2.00. The van der Waals surface area contributed by atoms with Crippen LogP contribution in [0.5, 0.6) is 0 Å². The third kappa shape index (κ3) is 3.39. The predicted octanol–water partition coefficient (Wildman–Crippen LogP) is 3.07. The van der Waals surface area contributed by atoms with Gasteiger partial charge in [0, 0.05) is 17.8 Å². The zero-order valence-corrected chi connectivity index (χ0v) is 11.2. The molecular formula is C17H15NO2. The van der Waals surface area contributed by atoms with Crippen LogP contribution in [0.4, 0.5) is 5.69 Å². The highest BCUT2D eigenvalue weighted by Gasteiger charge is 2.04. The molecule has 0 saturated carbocycles. The van der Waals surface area contributed by atoms with Crippen molar-refractivity contribution in [2.75, 3.05) is 12.4 Å².